The molecule has 148 valence electrons. The minimum absolute atomic E-state index is 0.0666. The molecule has 1 aliphatic heterocycles. The normalized spacial score (nSPS) is 15.2. The van der Waals surface area contributed by atoms with Gasteiger partial charge >= 0.3 is 0 Å². The van der Waals surface area contributed by atoms with Crippen molar-refractivity contribution in [2.45, 2.75) is 32.7 Å². The number of aryl methyl sites for hydroxylation is 1. The van der Waals surface area contributed by atoms with Gasteiger partial charge in [-0.2, -0.15) is 0 Å². The second-order valence-electron chi connectivity index (χ2n) is 7.51. The molecular weight excluding hydrogens is 374 g/mol. The van der Waals surface area contributed by atoms with E-state index >= 15 is 0 Å². The molecule has 1 N–H and O–H groups in total. The molecule has 5 nitrogen and oxygen atoms in total. The second-order valence-corrected chi connectivity index (χ2v) is 7.95. The Morgan fingerprint density at radius 1 is 1.18 bits per heavy atom. The zero-order chi connectivity index (χ0) is 19.5. The maximum Gasteiger partial charge on any atom is 0.268 e. The van der Waals surface area contributed by atoms with Crippen molar-refractivity contribution in [3.8, 4) is 0 Å². The highest BCUT2D eigenvalue weighted by atomic mass is 35.5. The molecule has 28 heavy (non-hydrogen) atoms. The van der Waals surface area contributed by atoms with E-state index in [0.29, 0.717) is 23.8 Å². The van der Waals surface area contributed by atoms with Gasteiger partial charge in [-0.05, 0) is 50.6 Å². The van der Waals surface area contributed by atoms with Gasteiger partial charge in [0.1, 0.15) is 11.5 Å². The Kier molecular flexibility index (Phi) is 5.74. The molecule has 0 radical (unpaired) electrons. The number of rotatable bonds is 6. The Bertz CT molecular complexity index is 969. The summed E-state index contributed by atoms with van der Waals surface area (Å²) in [5.41, 5.74) is 3.33. The zero-order valence-electron chi connectivity index (χ0n) is 16.2. The molecule has 0 bridgehead atoms. The molecule has 1 fully saturated rings. The Hall–Kier alpha value is -2.24. The van der Waals surface area contributed by atoms with Crippen LogP contribution >= 0.6 is 11.6 Å². The van der Waals surface area contributed by atoms with Crippen LogP contribution in [0.25, 0.3) is 11.1 Å². The lowest BCUT2D eigenvalue weighted by Crippen LogP contribution is -2.38. The fourth-order valence-corrected chi connectivity index (χ4v) is 4.16. The molecule has 6 heteroatoms. The van der Waals surface area contributed by atoms with Gasteiger partial charge in [0.15, 0.2) is 5.58 Å². The first kappa shape index (κ1) is 19.1. The van der Waals surface area contributed by atoms with Gasteiger partial charge in [-0.1, -0.05) is 30.2 Å². The highest BCUT2D eigenvalue weighted by Gasteiger charge is 2.19. The molecule has 0 aliphatic carbocycles. The minimum atomic E-state index is -0.0666. The summed E-state index contributed by atoms with van der Waals surface area (Å²) in [4.78, 5) is 15.3. The number of furan rings is 1. The lowest BCUT2D eigenvalue weighted by molar-refractivity contribution is 0.0938. The third kappa shape index (κ3) is 4.26. The molecule has 1 aromatic carbocycles. The predicted octanol–water partition coefficient (Wildman–Crippen LogP) is 4.46. The van der Waals surface area contributed by atoms with Crippen LogP contribution in [0.2, 0.25) is 5.02 Å². The van der Waals surface area contributed by atoms with Crippen molar-refractivity contribution in [1.82, 2.24) is 14.8 Å². The van der Waals surface area contributed by atoms with Crippen molar-refractivity contribution < 1.29 is 9.21 Å². The standard InChI is InChI=1S/C22H26ClN3O2/c1-16-12-19-21(28-16)14-20(26(19)15-17-6-5-7-18(23)13-17)22(27)24-8-11-25-9-3-2-4-10-25/h5-7,12-14H,2-4,8-11,15H2,1H3,(H,24,27). The first-order chi connectivity index (χ1) is 13.6. The number of piperidine rings is 1. The number of carbonyl (C=O) groups is 1. The van der Waals surface area contributed by atoms with Crippen molar-refractivity contribution in [1.29, 1.82) is 0 Å². The number of aromatic nitrogens is 1. The van der Waals surface area contributed by atoms with E-state index in [1.54, 1.807) is 0 Å². The summed E-state index contributed by atoms with van der Waals surface area (Å²) in [7, 11) is 0. The Labute approximate surface area is 170 Å². The van der Waals surface area contributed by atoms with E-state index in [4.69, 9.17) is 16.0 Å². The fraction of sp³-hybridized carbons (Fsp3) is 0.409. The van der Waals surface area contributed by atoms with Crippen LogP contribution in [0.15, 0.2) is 40.8 Å². The SMILES string of the molecule is Cc1cc2c(cc(C(=O)NCCN3CCCCC3)n2Cc2cccc(Cl)c2)o1. The number of fused-ring (bicyclic) bond motifs is 1. The Morgan fingerprint density at radius 2 is 2.00 bits per heavy atom. The average molecular weight is 400 g/mol. The molecule has 1 aliphatic rings. The summed E-state index contributed by atoms with van der Waals surface area (Å²) in [6, 6.07) is 11.5. The summed E-state index contributed by atoms with van der Waals surface area (Å²) in [6.07, 6.45) is 3.83. The minimum Gasteiger partial charge on any atom is -0.460 e. The van der Waals surface area contributed by atoms with E-state index < -0.39 is 0 Å². The third-order valence-corrected chi connectivity index (χ3v) is 5.57. The molecule has 2 aromatic heterocycles. The quantitative estimate of drug-likeness (QED) is 0.665. The number of carbonyl (C=O) groups excluding carboxylic acids is 1. The number of nitrogens with one attached hydrogen (secondary N) is 1. The molecule has 3 heterocycles. The summed E-state index contributed by atoms with van der Waals surface area (Å²) >= 11 is 6.14. The number of hydrogen-bond acceptors (Lipinski definition) is 3. The number of nitrogens with zero attached hydrogens (tertiary/aromatic N) is 2. The summed E-state index contributed by atoms with van der Waals surface area (Å²) in [6.45, 7) is 6.30. The molecule has 3 aromatic rings. The molecule has 1 amide bonds. The van der Waals surface area contributed by atoms with Crippen molar-refractivity contribution >= 4 is 28.6 Å². The maximum atomic E-state index is 12.9. The summed E-state index contributed by atoms with van der Waals surface area (Å²) in [5.74, 6) is 0.769. The van der Waals surface area contributed by atoms with E-state index in [2.05, 4.69) is 10.2 Å². The molecule has 4 rings (SSSR count). The third-order valence-electron chi connectivity index (χ3n) is 5.34. The van der Waals surface area contributed by atoms with Crippen LogP contribution in [0.4, 0.5) is 0 Å². The predicted molar refractivity (Wildman–Crippen MR) is 112 cm³/mol. The Balaban J connectivity index is 1.52. The van der Waals surface area contributed by atoms with E-state index in [-0.39, 0.29) is 5.91 Å². The van der Waals surface area contributed by atoms with Crippen LogP contribution in [0.3, 0.4) is 0 Å². The van der Waals surface area contributed by atoms with Gasteiger partial charge in [0.2, 0.25) is 0 Å². The maximum absolute atomic E-state index is 12.9. The molecule has 0 saturated carbocycles. The lowest BCUT2D eigenvalue weighted by Gasteiger charge is -2.26. The van der Waals surface area contributed by atoms with Crippen LogP contribution in [0.1, 0.15) is 41.1 Å². The van der Waals surface area contributed by atoms with Crippen molar-refractivity contribution in [2.75, 3.05) is 26.2 Å². The number of likely N-dealkylation sites (tertiary alicyclic amines) is 1. The van der Waals surface area contributed by atoms with Gasteiger partial charge in [0, 0.05) is 36.8 Å². The fourth-order valence-electron chi connectivity index (χ4n) is 3.94. The molecule has 0 spiro atoms. The van der Waals surface area contributed by atoms with Gasteiger partial charge in [0.05, 0.1) is 5.52 Å². The average Bonchev–Trinajstić information content (AvgIpc) is 3.20. The summed E-state index contributed by atoms with van der Waals surface area (Å²) in [5, 5.41) is 3.77. The second kappa shape index (κ2) is 8.41. The number of benzene rings is 1. The van der Waals surface area contributed by atoms with Crippen LogP contribution in [-0.2, 0) is 6.54 Å². The number of halogens is 1. The largest absolute Gasteiger partial charge is 0.460 e. The van der Waals surface area contributed by atoms with E-state index in [9.17, 15) is 4.79 Å². The summed E-state index contributed by atoms with van der Waals surface area (Å²) < 4.78 is 7.77. The smallest absolute Gasteiger partial charge is 0.268 e. The topological polar surface area (TPSA) is 50.4 Å². The highest BCUT2D eigenvalue weighted by molar-refractivity contribution is 6.30. The first-order valence-corrected chi connectivity index (χ1v) is 10.3. The van der Waals surface area contributed by atoms with Crippen molar-refractivity contribution in [2.24, 2.45) is 0 Å². The number of hydrogen-bond donors (Lipinski definition) is 1. The number of amides is 1. The van der Waals surface area contributed by atoms with Crippen LogP contribution in [-0.4, -0.2) is 41.6 Å². The Morgan fingerprint density at radius 3 is 2.79 bits per heavy atom. The molecule has 0 atom stereocenters. The lowest BCUT2D eigenvalue weighted by atomic mass is 10.1. The molecule has 0 unspecified atom stereocenters. The van der Waals surface area contributed by atoms with Gasteiger partial charge in [-0.25, -0.2) is 0 Å². The van der Waals surface area contributed by atoms with E-state index in [0.717, 1.165) is 42.1 Å². The van der Waals surface area contributed by atoms with Crippen LogP contribution < -0.4 is 5.32 Å². The van der Waals surface area contributed by atoms with Crippen molar-refractivity contribution in [3.63, 3.8) is 0 Å². The molecule has 1 saturated heterocycles. The van der Waals surface area contributed by atoms with Crippen LogP contribution in [0, 0.1) is 6.92 Å². The van der Waals surface area contributed by atoms with Crippen LogP contribution in [0.5, 0.6) is 0 Å². The van der Waals surface area contributed by atoms with Gasteiger partial charge in [-0.3, -0.25) is 4.79 Å². The van der Waals surface area contributed by atoms with Crippen molar-refractivity contribution in [3.05, 3.63) is 58.4 Å². The van der Waals surface area contributed by atoms with Gasteiger partial charge in [-0.15, -0.1) is 0 Å². The van der Waals surface area contributed by atoms with E-state index in [1.807, 2.05) is 47.9 Å². The monoisotopic (exact) mass is 399 g/mol. The highest BCUT2D eigenvalue weighted by Crippen LogP contribution is 2.25. The van der Waals surface area contributed by atoms with Gasteiger partial charge < -0.3 is 19.2 Å². The zero-order valence-corrected chi connectivity index (χ0v) is 17.0. The van der Waals surface area contributed by atoms with Gasteiger partial charge in [0.25, 0.3) is 5.91 Å². The molecular formula is C22H26ClN3O2. The first-order valence-electron chi connectivity index (χ1n) is 9.95. The van der Waals surface area contributed by atoms with E-state index in [1.165, 1.54) is 19.3 Å².